The van der Waals surface area contributed by atoms with E-state index in [0.717, 1.165) is 33.8 Å². The van der Waals surface area contributed by atoms with Crippen molar-refractivity contribution in [2.45, 2.75) is 32.9 Å². The molecule has 0 spiro atoms. The summed E-state index contributed by atoms with van der Waals surface area (Å²) < 4.78 is 5.12. The zero-order chi connectivity index (χ0) is 17.8. The van der Waals surface area contributed by atoms with Crippen molar-refractivity contribution in [3.63, 3.8) is 0 Å². The average molecular weight is 338 g/mol. The summed E-state index contributed by atoms with van der Waals surface area (Å²) in [5.74, 6) is -0.0553. The SMILES string of the molecule is CO[C@@H](C)CNC(=O)Cc1cc2c(cn1)C(c1ccnc(C)c1)=NC2. The molecule has 0 bridgehead atoms. The monoisotopic (exact) mass is 338 g/mol. The van der Waals surface area contributed by atoms with Gasteiger partial charge in [0.15, 0.2) is 0 Å². The van der Waals surface area contributed by atoms with Crippen LogP contribution in [0.1, 0.15) is 35.0 Å². The normalized spacial score (nSPS) is 14.0. The van der Waals surface area contributed by atoms with Gasteiger partial charge in [0.05, 0.1) is 30.5 Å². The number of carbonyl (C=O) groups excluding carboxylic acids is 1. The lowest BCUT2D eigenvalue weighted by Gasteiger charge is -2.11. The number of ether oxygens (including phenoxy) is 1. The maximum absolute atomic E-state index is 12.0. The zero-order valence-corrected chi connectivity index (χ0v) is 14.7. The van der Waals surface area contributed by atoms with Crippen LogP contribution in [0.4, 0.5) is 0 Å². The minimum absolute atomic E-state index is 0.00305. The van der Waals surface area contributed by atoms with Crippen molar-refractivity contribution in [1.29, 1.82) is 0 Å². The summed E-state index contributed by atoms with van der Waals surface area (Å²) in [5.41, 5.74) is 5.84. The van der Waals surface area contributed by atoms with Crippen molar-refractivity contribution >= 4 is 11.6 Å². The number of nitrogens with one attached hydrogen (secondary N) is 1. The molecule has 0 saturated carbocycles. The lowest BCUT2D eigenvalue weighted by molar-refractivity contribution is -0.121. The van der Waals surface area contributed by atoms with Gasteiger partial charge in [-0.1, -0.05) is 0 Å². The number of hydrogen-bond donors (Lipinski definition) is 1. The molecule has 0 saturated heterocycles. The molecule has 1 aliphatic rings. The molecule has 25 heavy (non-hydrogen) atoms. The highest BCUT2D eigenvalue weighted by atomic mass is 16.5. The van der Waals surface area contributed by atoms with Crippen LogP contribution in [0.2, 0.25) is 0 Å². The van der Waals surface area contributed by atoms with Crippen LogP contribution < -0.4 is 5.32 Å². The highest BCUT2D eigenvalue weighted by molar-refractivity contribution is 6.15. The predicted molar refractivity (Wildman–Crippen MR) is 95.7 cm³/mol. The highest BCUT2D eigenvalue weighted by Gasteiger charge is 2.19. The van der Waals surface area contributed by atoms with Crippen molar-refractivity contribution in [2.24, 2.45) is 4.99 Å². The molecule has 6 heteroatoms. The van der Waals surface area contributed by atoms with Crippen molar-refractivity contribution in [3.8, 4) is 0 Å². The van der Waals surface area contributed by atoms with Crippen LogP contribution >= 0.6 is 0 Å². The molecule has 0 fully saturated rings. The number of aliphatic imine (C=N–C) groups is 1. The fourth-order valence-electron chi connectivity index (χ4n) is 2.74. The Balaban J connectivity index is 1.69. The first kappa shape index (κ1) is 17.2. The molecule has 2 aromatic rings. The van der Waals surface area contributed by atoms with Gasteiger partial charge in [-0.2, -0.15) is 0 Å². The average Bonchev–Trinajstić information content (AvgIpc) is 3.03. The Labute approximate surface area is 147 Å². The largest absolute Gasteiger partial charge is 0.380 e. The number of rotatable bonds is 6. The molecule has 3 rings (SSSR count). The molecule has 0 radical (unpaired) electrons. The number of fused-ring (bicyclic) bond motifs is 1. The van der Waals surface area contributed by atoms with E-state index in [9.17, 15) is 4.79 Å². The first-order valence-electron chi connectivity index (χ1n) is 8.32. The third-order valence-corrected chi connectivity index (χ3v) is 4.21. The zero-order valence-electron chi connectivity index (χ0n) is 14.7. The Kier molecular flexibility index (Phi) is 5.19. The molecule has 1 atom stereocenters. The van der Waals surface area contributed by atoms with E-state index in [1.807, 2.05) is 38.2 Å². The topological polar surface area (TPSA) is 76.5 Å². The number of aromatic nitrogens is 2. The molecule has 2 aromatic heterocycles. The van der Waals surface area contributed by atoms with Crippen molar-refractivity contribution in [1.82, 2.24) is 15.3 Å². The van der Waals surface area contributed by atoms with Gasteiger partial charge in [-0.3, -0.25) is 19.8 Å². The minimum Gasteiger partial charge on any atom is -0.380 e. The molecule has 0 aromatic carbocycles. The third kappa shape index (κ3) is 4.09. The molecule has 6 nitrogen and oxygen atoms in total. The van der Waals surface area contributed by atoms with Crippen LogP contribution in [0.15, 0.2) is 35.6 Å². The van der Waals surface area contributed by atoms with Crippen LogP contribution in [0.3, 0.4) is 0 Å². The van der Waals surface area contributed by atoms with Gasteiger partial charge in [0.2, 0.25) is 5.91 Å². The van der Waals surface area contributed by atoms with E-state index in [1.54, 1.807) is 13.3 Å². The number of pyridine rings is 2. The minimum atomic E-state index is -0.0553. The lowest BCUT2D eigenvalue weighted by Crippen LogP contribution is -2.32. The van der Waals surface area contributed by atoms with Crippen LogP contribution in [-0.2, 0) is 22.5 Å². The second-order valence-electron chi connectivity index (χ2n) is 6.21. The number of aryl methyl sites for hydroxylation is 1. The van der Waals surface area contributed by atoms with Crippen molar-refractivity contribution in [2.75, 3.05) is 13.7 Å². The summed E-state index contributed by atoms with van der Waals surface area (Å²) in [6.07, 6.45) is 3.86. The molecular formula is C19H22N4O2. The summed E-state index contributed by atoms with van der Waals surface area (Å²) in [4.78, 5) is 25.3. The maximum atomic E-state index is 12.0. The Morgan fingerprint density at radius 1 is 1.36 bits per heavy atom. The summed E-state index contributed by atoms with van der Waals surface area (Å²) >= 11 is 0. The van der Waals surface area contributed by atoms with Crippen LogP contribution in [0.25, 0.3) is 0 Å². The fraction of sp³-hybridized carbons (Fsp3) is 0.368. The van der Waals surface area contributed by atoms with Crippen LogP contribution in [0, 0.1) is 6.92 Å². The smallest absolute Gasteiger partial charge is 0.226 e. The summed E-state index contributed by atoms with van der Waals surface area (Å²) in [5, 5.41) is 2.85. The van der Waals surface area contributed by atoms with Gasteiger partial charge in [0.25, 0.3) is 0 Å². The number of methoxy groups -OCH3 is 1. The molecule has 0 unspecified atom stereocenters. The highest BCUT2D eigenvalue weighted by Crippen LogP contribution is 2.23. The molecular weight excluding hydrogens is 316 g/mol. The van der Waals surface area contributed by atoms with E-state index in [4.69, 9.17) is 4.74 Å². The van der Waals surface area contributed by atoms with Gasteiger partial charge in [0.1, 0.15) is 0 Å². The summed E-state index contributed by atoms with van der Waals surface area (Å²) in [6, 6.07) is 5.95. The molecule has 1 amide bonds. The van der Waals surface area contributed by atoms with Gasteiger partial charge in [-0.15, -0.1) is 0 Å². The Bertz CT molecular complexity index is 817. The van der Waals surface area contributed by atoms with Gasteiger partial charge < -0.3 is 10.1 Å². The fourth-order valence-corrected chi connectivity index (χ4v) is 2.74. The Hall–Kier alpha value is -2.60. The first-order chi connectivity index (χ1) is 12.1. The second-order valence-corrected chi connectivity index (χ2v) is 6.21. The lowest BCUT2D eigenvalue weighted by atomic mass is 10.0. The van der Waals surface area contributed by atoms with Gasteiger partial charge in [0, 0.05) is 42.9 Å². The van der Waals surface area contributed by atoms with E-state index in [1.165, 1.54) is 0 Å². The number of carbonyl (C=O) groups is 1. The second kappa shape index (κ2) is 7.53. The van der Waals surface area contributed by atoms with Crippen molar-refractivity contribution in [3.05, 3.63) is 58.7 Å². The molecule has 3 heterocycles. The van der Waals surface area contributed by atoms with E-state index >= 15 is 0 Å². The number of nitrogens with zero attached hydrogens (tertiary/aromatic N) is 3. The third-order valence-electron chi connectivity index (χ3n) is 4.21. The van der Waals surface area contributed by atoms with Gasteiger partial charge in [-0.25, -0.2) is 0 Å². The van der Waals surface area contributed by atoms with Crippen LogP contribution in [0.5, 0.6) is 0 Å². The maximum Gasteiger partial charge on any atom is 0.226 e. The van der Waals surface area contributed by atoms with E-state index in [-0.39, 0.29) is 18.4 Å². The van der Waals surface area contributed by atoms with Crippen molar-refractivity contribution < 1.29 is 9.53 Å². The molecule has 0 aliphatic carbocycles. The Morgan fingerprint density at radius 2 is 2.20 bits per heavy atom. The standard InChI is InChI=1S/C19H22N4O2/c1-12-6-14(4-5-20-12)19-17-11-21-16(7-15(17)10-23-19)8-18(24)22-9-13(2)25-3/h4-7,11,13H,8-10H2,1-3H3,(H,22,24)/t13-/m0/s1. The van der Waals surface area contributed by atoms with E-state index in [0.29, 0.717) is 13.1 Å². The summed E-state index contributed by atoms with van der Waals surface area (Å²) in [7, 11) is 1.63. The Morgan fingerprint density at radius 3 is 2.96 bits per heavy atom. The van der Waals surface area contributed by atoms with Gasteiger partial charge >= 0.3 is 0 Å². The summed E-state index contributed by atoms with van der Waals surface area (Å²) in [6.45, 7) is 4.98. The first-order valence-corrected chi connectivity index (χ1v) is 8.32. The quantitative estimate of drug-likeness (QED) is 0.872. The molecule has 1 N–H and O–H groups in total. The van der Waals surface area contributed by atoms with Crippen LogP contribution in [-0.4, -0.2) is 41.3 Å². The van der Waals surface area contributed by atoms with E-state index < -0.39 is 0 Å². The molecule has 130 valence electrons. The van der Waals surface area contributed by atoms with E-state index in [2.05, 4.69) is 20.3 Å². The predicted octanol–water partition coefficient (Wildman–Crippen LogP) is 1.83. The molecule has 1 aliphatic heterocycles. The number of hydrogen-bond acceptors (Lipinski definition) is 5. The number of amides is 1. The van der Waals surface area contributed by atoms with Gasteiger partial charge in [-0.05, 0) is 37.6 Å².